The second-order valence-corrected chi connectivity index (χ2v) is 19.9. The predicted molar refractivity (Wildman–Crippen MR) is 184 cm³/mol. The Morgan fingerprint density at radius 3 is 2.28 bits per heavy atom. The molecule has 1 N–H and O–H groups in total. The number of H-pyrrole nitrogens is 1. The summed E-state index contributed by atoms with van der Waals surface area (Å²) in [6, 6.07) is 18.3. The quantitative estimate of drug-likeness (QED) is 0.216. The summed E-state index contributed by atoms with van der Waals surface area (Å²) in [5.74, 6) is 1.43. The molecule has 4 aromatic rings. The molecular formula is C34H39ClFN3O5S2. The number of aromatic nitrogens is 1. The van der Waals surface area contributed by atoms with Crippen molar-refractivity contribution < 1.29 is 27.1 Å². The molecule has 1 saturated heterocycles. The van der Waals surface area contributed by atoms with Crippen LogP contribution in [-0.2, 0) is 16.4 Å². The Kier molecular flexibility index (Phi) is 9.31. The molecule has 0 bridgehead atoms. The molecule has 1 atom stereocenters. The van der Waals surface area contributed by atoms with Crippen LogP contribution in [0.2, 0.25) is 5.02 Å². The largest absolute Gasteiger partial charge is 0.490 e. The summed E-state index contributed by atoms with van der Waals surface area (Å²) < 4.78 is 52.8. The number of rotatable bonds is 8. The number of amides is 1. The van der Waals surface area contributed by atoms with E-state index in [1.165, 1.54) is 24.3 Å². The molecule has 2 aliphatic heterocycles. The van der Waals surface area contributed by atoms with E-state index in [0.717, 1.165) is 27.7 Å². The number of ether oxygens (including phenoxy) is 2. The highest BCUT2D eigenvalue weighted by Crippen LogP contribution is 2.40. The zero-order chi connectivity index (χ0) is 32.6. The van der Waals surface area contributed by atoms with Crippen LogP contribution in [0.3, 0.4) is 0 Å². The molecule has 8 nitrogen and oxygen atoms in total. The maximum absolute atomic E-state index is 13.5. The molecule has 2 aliphatic rings. The Hall–Kier alpha value is -3.25. The Balaban J connectivity index is 1.19. The van der Waals surface area contributed by atoms with Crippen LogP contribution < -0.4 is 9.47 Å². The number of aromatic amines is 1. The second kappa shape index (κ2) is 13.1. The Bertz CT molecular complexity index is 1820. The number of sulfonamides is 1. The maximum Gasteiger partial charge on any atom is 0.416 e. The van der Waals surface area contributed by atoms with E-state index in [2.05, 4.69) is 23.8 Å². The molecule has 3 aromatic carbocycles. The fraction of sp³-hybridized carbons (Fsp3) is 0.382. The summed E-state index contributed by atoms with van der Waals surface area (Å²) in [6.07, 6.45) is 7.62. The summed E-state index contributed by atoms with van der Waals surface area (Å²) in [5.41, 5.74) is 3.78. The standard InChI is InChI=1S/C34H39ClFN3O5S2/c1-45(2,3)20-21-46(41,42)38-17-14-28(15-18-38)43-26-9-4-23(5-10-26)33-32-29(30-22-24(35)6-13-31(30)37-32)16-19-39(33)34(40)44-27-11-7-25(36)8-12-27/h4-13,22,28,33,37H,14-21H2,1-3H3. The minimum absolute atomic E-state index is 0.0903. The minimum atomic E-state index is -3.27. The third-order valence-corrected chi connectivity index (χ3v) is 12.4. The summed E-state index contributed by atoms with van der Waals surface area (Å²) in [5, 5.41) is 1.66. The van der Waals surface area contributed by atoms with E-state index in [1.54, 1.807) is 9.21 Å². The lowest BCUT2D eigenvalue weighted by molar-refractivity contribution is 0.134. The van der Waals surface area contributed by atoms with Crippen LogP contribution in [0.5, 0.6) is 11.5 Å². The topological polar surface area (TPSA) is 91.9 Å². The zero-order valence-corrected chi connectivity index (χ0v) is 28.6. The van der Waals surface area contributed by atoms with Gasteiger partial charge in [0.2, 0.25) is 10.0 Å². The van der Waals surface area contributed by atoms with Crippen molar-refractivity contribution in [1.29, 1.82) is 0 Å². The third kappa shape index (κ3) is 7.33. The van der Waals surface area contributed by atoms with Crippen LogP contribution in [0.1, 0.15) is 35.7 Å². The van der Waals surface area contributed by atoms with Crippen molar-refractivity contribution in [3.63, 3.8) is 0 Å². The van der Waals surface area contributed by atoms with Crippen molar-refractivity contribution in [2.75, 3.05) is 49.9 Å². The number of carbonyl (C=O) groups excluding carboxylic acids is 1. The smallest absolute Gasteiger partial charge is 0.416 e. The first-order chi connectivity index (χ1) is 21.9. The van der Waals surface area contributed by atoms with Gasteiger partial charge in [0.05, 0.1) is 5.75 Å². The van der Waals surface area contributed by atoms with E-state index in [9.17, 15) is 17.6 Å². The van der Waals surface area contributed by atoms with Gasteiger partial charge in [0, 0.05) is 41.3 Å². The number of nitrogens with one attached hydrogen (secondary N) is 1. The lowest BCUT2D eigenvalue weighted by atomic mass is 9.92. The van der Waals surface area contributed by atoms with Crippen LogP contribution in [0, 0.1) is 5.82 Å². The second-order valence-electron chi connectivity index (χ2n) is 12.8. The molecule has 6 rings (SSSR count). The van der Waals surface area contributed by atoms with Gasteiger partial charge in [-0.2, -0.15) is 0 Å². The van der Waals surface area contributed by atoms with Gasteiger partial charge in [0.15, 0.2) is 0 Å². The minimum Gasteiger partial charge on any atom is -0.490 e. The Labute approximate surface area is 276 Å². The van der Waals surface area contributed by atoms with Crippen molar-refractivity contribution in [3.05, 3.63) is 94.4 Å². The number of carbonyl (C=O) groups is 1. The number of nitrogens with zero attached hydrogens (tertiary/aromatic N) is 2. The summed E-state index contributed by atoms with van der Waals surface area (Å²) in [7, 11) is -4.16. The van der Waals surface area contributed by atoms with Gasteiger partial charge < -0.3 is 14.5 Å². The average Bonchev–Trinajstić information content (AvgIpc) is 3.39. The monoisotopic (exact) mass is 687 g/mol. The number of hydrogen-bond acceptors (Lipinski definition) is 5. The number of hydrogen-bond donors (Lipinski definition) is 1. The third-order valence-electron chi connectivity index (χ3n) is 8.59. The lowest BCUT2D eigenvalue weighted by Gasteiger charge is -2.35. The van der Waals surface area contributed by atoms with E-state index < -0.39 is 38.0 Å². The van der Waals surface area contributed by atoms with E-state index in [0.29, 0.717) is 55.4 Å². The molecule has 46 heavy (non-hydrogen) atoms. The van der Waals surface area contributed by atoms with E-state index in [-0.39, 0.29) is 17.6 Å². The van der Waals surface area contributed by atoms with Gasteiger partial charge in [-0.15, -0.1) is 0 Å². The average molecular weight is 688 g/mol. The first kappa shape index (κ1) is 32.7. The number of piperidine rings is 1. The molecule has 1 unspecified atom stereocenters. The van der Waals surface area contributed by atoms with Gasteiger partial charge in [-0.3, -0.25) is 4.90 Å². The summed E-state index contributed by atoms with van der Waals surface area (Å²) in [6.45, 7) is 1.31. The first-order valence-electron chi connectivity index (χ1n) is 15.3. The molecule has 1 aromatic heterocycles. The molecule has 246 valence electrons. The zero-order valence-electron chi connectivity index (χ0n) is 26.2. The van der Waals surface area contributed by atoms with E-state index >= 15 is 0 Å². The number of halogens is 2. The highest BCUT2D eigenvalue weighted by Gasteiger charge is 2.36. The first-order valence-corrected chi connectivity index (χ1v) is 20.3. The SMILES string of the molecule is CS(C)(C)CCS(=O)(=O)N1CCC(Oc2ccc(C3c4[nH]c5ccc(Cl)cc5c4CCN3C(=O)Oc3ccc(F)cc3)cc2)CC1. The Morgan fingerprint density at radius 1 is 0.935 bits per heavy atom. The molecule has 12 heteroatoms. The van der Waals surface area contributed by atoms with E-state index in [1.807, 2.05) is 42.5 Å². The van der Waals surface area contributed by atoms with Crippen molar-refractivity contribution in [2.24, 2.45) is 0 Å². The van der Waals surface area contributed by atoms with Crippen molar-refractivity contribution in [1.82, 2.24) is 14.2 Å². The molecular weight excluding hydrogens is 649 g/mol. The van der Waals surface area contributed by atoms with Gasteiger partial charge in [0.1, 0.15) is 29.5 Å². The van der Waals surface area contributed by atoms with Crippen molar-refractivity contribution >= 4 is 48.6 Å². The van der Waals surface area contributed by atoms with Gasteiger partial charge in [-0.05, 0) is 110 Å². The highest BCUT2D eigenvalue weighted by molar-refractivity contribution is 8.32. The van der Waals surface area contributed by atoms with Crippen LogP contribution in [0.25, 0.3) is 10.9 Å². The van der Waals surface area contributed by atoms with Crippen LogP contribution in [0.4, 0.5) is 9.18 Å². The molecule has 0 saturated carbocycles. The van der Waals surface area contributed by atoms with E-state index in [4.69, 9.17) is 21.1 Å². The van der Waals surface area contributed by atoms with Crippen LogP contribution in [-0.4, -0.2) is 84.7 Å². The number of benzene rings is 3. The van der Waals surface area contributed by atoms with Gasteiger partial charge >= 0.3 is 6.09 Å². The molecule has 3 heterocycles. The normalized spacial score (nSPS) is 18.4. The lowest BCUT2D eigenvalue weighted by Crippen LogP contribution is -2.43. The van der Waals surface area contributed by atoms with Crippen LogP contribution >= 0.6 is 21.6 Å². The van der Waals surface area contributed by atoms with Gasteiger partial charge in [-0.1, -0.05) is 23.7 Å². The molecule has 0 radical (unpaired) electrons. The van der Waals surface area contributed by atoms with Crippen LogP contribution in [0.15, 0.2) is 66.7 Å². The van der Waals surface area contributed by atoms with Crippen molar-refractivity contribution in [3.8, 4) is 11.5 Å². The molecule has 0 spiro atoms. The summed E-state index contributed by atoms with van der Waals surface area (Å²) in [4.78, 5) is 18.7. The fourth-order valence-electron chi connectivity index (χ4n) is 6.10. The highest BCUT2D eigenvalue weighted by atomic mass is 35.5. The van der Waals surface area contributed by atoms with Gasteiger partial charge in [-0.25, -0.2) is 31.9 Å². The molecule has 0 aliphatic carbocycles. The fourth-order valence-corrected chi connectivity index (χ4v) is 10.1. The van der Waals surface area contributed by atoms with Crippen molar-refractivity contribution in [2.45, 2.75) is 31.4 Å². The predicted octanol–water partition coefficient (Wildman–Crippen LogP) is 6.97. The summed E-state index contributed by atoms with van der Waals surface area (Å²) >= 11 is 6.34. The molecule has 1 amide bonds. The van der Waals surface area contributed by atoms with Gasteiger partial charge in [0.25, 0.3) is 0 Å². The maximum atomic E-state index is 13.5. The molecule has 1 fully saturated rings. The number of fused-ring (bicyclic) bond motifs is 3. The Morgan fingerprint density at radius 2 is 1.61 bits per heavy atom.